The maximum atomic E-state index is 3.30. The molecule has 13 heavy (non-hydrogen) atoms. The van der Waals surface area contributed by atoms with Gasteiger partial charge in [-0.1, -0.05) is 34.6 Å². The van der Waals surface area contributed by atoms with Gasteiger partial charge < -0.3 is 0 Å². The molecule has 0 spiro atoms. The molecule has 0 heteroatoms. The van der Waals surface area contributed by atoms with Crippen LogP contribution in [0.15, 0.2) is 0 Å². The third kappa shape index (κ3) is 1.75. The van der Waals surface area contributed by atoms with Gasteiger partial charge in [-0.3, -0.25) is 0 Å². The normalized spacial score (nSPS) is 32.2. The van der Waals surface area contributed by atoms with E-state index in [2.05, 4.69) is 46.5 Å². The predicted molar refractivity (Wildman–Crippen MR) is 58.2 cm³/mol. The second kappa shape index (κ2) is 3.37. The van der Waals surface area contributed by atoms with Crippen molar-refractivity contribution in [3.05, 3.63) is 0 Å². The fraction of sp³-hybridized carbons (Fsp3) is 0.846. The molecule has 1 aliphatic rings. The van der Waals surface area contributed by atoms with Crippen LogP contribution in [0.3, 0.4) is 0 Å². The van der Waals surface area contributed by atoms with Crippen LogP contribution in [0.1, 0.15) is 41.5 Å². The summed E-state index contributed by atoms with van der Waals surface area (Å²) in [6, 6.07) is 0. The highest BCUT2D eigenvalue weighted by molar-refractivity contribution is 5.15. The van der Waals surface area contributed by atoms with Gasteiger partial charge in [0.25, 0.3) is 0 Å². The number of rotatable bonds is 2. The van der Waals surface area contributed by atoms with E-state index in [9.17, 15) is 0 Å². The Morgan fingerprint density at radius 3 is 1.92 bits per heavy atom. The molecule has 0 amide bonds. The van der Waals surface area contributed by atoms with Crippen molar-refractivity contribution in [2.45, 2.75) is 41.5 Å². The van der Waals surface area contributed by atoms with Gasteiger partial charge in [0.2, 0.25) is 0 Å². The first-order chi connectivity index (χ1) is 5.92. The quantitative estimate of drug-likeness (QED) is 0.567. The van der Waals surface area contributed by atoms with Crippen molar-refractivity contribution in [2.75, 3.05) is 0 Å². The van der Waals surface area contributed by atoms with E-state index in [-0.39, 0.29) is 0 Å². The van der Waals surface area contributed by atoms with Gasteiger partial charge in [0.05, 0.1) is 0 Å². The van der Waals surface area contributed by atoms with Gasteiger partial charge in [0.1, 0.15) is 0 Å². The molecule has 1 aliphatic carbocycles. The summed E-state index contributed by atoms with van der Waals surface area (Å²) in [5, 5.41) is 0. The SMILES string of the molecule is CC#CC(C)C1C(C(C)C)C1(C)C. The van der Waals surface area contributed by atoms with Gasteiger partial charge in [-0.05, 0) is 30.1 Å². The number of hydrogen-bond donors (Lipinski definition) is 0. The summed E-state index contributed by atoms with van der Waals surface area (Å²) in [5.74, 6) is 9.41. The highest BCUT2D eigenvalue weighted by atomic mass is 14.6. The zero-order valence-corrected chi connectivity index (χ0v) is 9.81. The summed E-state index contributed by atoms with van der Waals surface area (Å²) >= 11 is 0. The zero-order chi connectivity index (χ0) is 10.2. The van der Waals surface area contributed by atoms with Crippen LogP contribution in [0, 0.1) is 40.9 Å². The maximum absolute atomic E-state index is 3.30. The lowest BCUT2D eigenvalue weighted by atomic mass is 9.99. The van der Waals surface area contributed by atoms with Crippen LogP contribution in [0.5, 0.6) is 0 Å². The Morgan fingerprint density at radius 2 is 1.62 bits per heavy atom. The molecule has 1 saturated carbocycles. The summed E-state index contributed by atoms with van der Waals surface area (Å²) in [4.78, 5) is 0. The van der Waals surface area contributed by atoms with Crippen LogP contribution in [-0.2, 0) is 0 Å². The molecule has 0 heterocycles. The van der Waals surface area contributed by atoms with E-state index >= 15 is 0 Å². The van der Waals surface area contributed by atoms with Gasteiger partial charge in [-0.2, -0.15) is 0 Å². The largest absolute Gasteiger partial charge is 0.106 e. The molecule has 0 N–H and O–H groups in total. The fourth-order valence-electron chi connectivity index (χ4n) is 3.26. The minimum absolute atomic E-state index is 0.525. The molecular formula is C13H22. The van der Waals surface area contributed by atoms with Crippen molar-refractivity contribution in [2.24, 2.45) is 29.1 Å². The van der Waals surface area contributed by atoms with Crippen molar-refractivity contribution < 1.29 is 0 Å². The van der Waals surface area contributed by atoms with E-state index < -0.39 is 0 Å². The molecule has 1 fully saturated rings. The summed E-state index contributed by atoms with van der Waals surface area (Å²) < 4.78 is 0. The molecule has 0 saturated heterocycles. The fourth-order valence-corrected chi connectivity index (χ4v) is 3.26. The molecule has 0 aromatic carbocycles. The molecule has 0 radical (unpaired) electrons. The van der Waals surface area contributed by atoms with Crippen molar-refractivity contribution in [1.82, 2.24) is 0 Å². The summed E-state index contributed by atoms with van der Waals surface area (Å²) in [6.45, 7) is 13.6. The van der Waals surface area contributed by atoms with Crippen LogP contribution in [0.2, 0.25) is 0 Å². The lowest BCUT2D eigenvalue weighted by molar-refractivity contribution is 0.451. The molecule has 0 bridgehead atoms. The minimum atomic E-state index is 0.525. The molecule has 74 valence electrons. The molecule has 1 rings (SSSR count). The Hall–Kier alpha value is -0.440. The van der Waals surface area contributed by atoms with Gasteiger partial charge in [0.15, 0.2) is 0 Å². The average molecular weight is 178 g/mol. The predicted octanol–water partition coefficient (Wildman–Crippen LogP) is 3.57. The average Bonchev–Trinajstić information content (AvgIpc) is 2.54. The topological polar surface area (TPSA) is 0 Å². The minimum Gasteiger partial charge on any atom is -0.106 e. The molecule has 3 unspecified atom stereocenters. The first-order valence-electron chi connectivity index (χ1n) is 5.35. The van der Waals surface area contributed by atoms with Crippen LogP contribution < -0.4 is 0 Å². The summed E-state index contributed by atoms with van der Waals surface area (Å²) in [7, 11) is 0. The Bertz CT molecular complexity index is 236. The molecular weight excluding hydrogens is 156 g/mol. The molecule has 3 atom stereocenters. The van der Waals surface area contributed by atoms with Crippen LogP contribution in [-0.4, -0.2) is 0 Å². The van der Waals surface area contributed by atoms with Gasteiger partial charge in [-0.15, -0.1) is 11.8 Å². The Kier molecular flexibility index (Phi) is 2.76. The second-order valence-corrected chi connectivity index (χ2v) is 5.30. The first-order valence-corrected chi connectivity index (χ1v) is 5.35. The van der Waals surface area contributed by atoms with Gasteiger partial charge in [0, 0.05) is 5.92 Å². The molecule has 0 aliphatic heterocycles. The Balaban J connectivity index is 2.68. The van der Waals surface area contributed by atoms with E-state index in [1.165, 1.54) is 0 Å². The third-order valence-electron chi connectivity index (χ3n) is 3.62. The van der Waals surface area contributed by atoms with Crippen molar-refractivity contribution in [3.8, 4) is 11.8 Å². The molecule has 0 aromatic heterocycles. The maximum Gasteiger partial charge on any atom is 0.0210 e. The Morgan fingerprint density at radius 1 is 1.08 bits per heavy atom. The second-order valence-electron chi connectivity index (χ2n) is 5.30. The van der Waals surface area contributed by atoms with E-state index in [4.69, 9.17) is 0 Å². The third-order valence-corrected chi connectivity index (χ3v) is 3.62. The summed E-state index contributed by atoms with van der Waals surface area (Å²) in [5.41, 5.74) is 0.525. The van der Waals surface area contributed by atoms with Crippen LogP contribution >= 0.6 is 0 Å². The first kappa shape index (κ1) is 10.6. The summed E-state index contributed by atoms with van der Waals surface area (Å²) in [6.07, 6.45) is 0. The van der Waals surface area contributed by atoms with Crippen LogP contribution in [0.25, 0.3) is 0 Å². The van der Waals surface area contributed by atoms with Crippen molar-refractivity contribution >= 4 is 0 Å². The lowest BCUT2D eigenvalue weighted by Crippen LogP contribution is -2.00. The standard InChI is InChI=1S/C13H22/c1-7-8-10(4)12-11(9(2)3)13(12,5)6/h9-12H,1-6H3. The zero-order valence-electron chi connectivity index (χ0n) is 9.81. The number of hydrogen-bond acceptors (Lipinski definition) is 0. The van der Waals surface area contributed by atoms with E-state index in [1.54, 1.807) is 0 Å². The smallest absolute Gasteiger partial charge is 0.0210 e. The highest BCUT2D eigenvalue weighted by Crippen LogP contribution is 2.64. The van der Waals surface area contributed by atoms with E-state index in [0.29, 0.717) is 11.3 Å². The van der Waals surface area contributed by atoms with Gasteiger partial charge >= 0.3 is 0 Å². The van der Waals surface area contributed by atoms with Crippen molar-refractivity contribution in [1.29, 1.82) is 0 Å². The monoisotopic (exact) mass is 178 g/mol. The molecule has 0 aromatic rings. The van der Waals surface area contributed by atoms with Crippen LogP contribution in [0.4, 0.5) is 0 Å². The van der Waals surface area contributed by atoms with E-state index in [1.807, 2.05) is 6.92 Å². The molecule has 0 nitrogen and oxygen atoms in total. The van der Waals surface area contributed by atoms with Crippen molar-refractivity contribution in [3.63, 3.8) is 0 Å². The van der Waals surface area contributed by atoms with E-state index in [0.717, 1.165) is 17.8 Å². The highest BCUT2D eigenvalue weighted by Gasteiger charge is 2.60. The lowest BCUT2D eigenvalue weighted by Gasteiger charge is -2.04. The van der Waals surface area contributed by atoms with Gasteiger partial charge in [-0.25, -0.2) is 0 Å². The Labute approximate surface area is 83.1 Å².